The maximum atomic E-state index is 11.8. The molecule has 4 nitrogen and oxygen atoms in total. The van der Waals surface area contributed by atoms with Gasteiger partial charge in [-0.1, -0.05) is 29.0 Å². The second-order valence-electron chi connectivity index (χ2n) is 5.29. The fraction of sp³-hybridized carbons (Fsp3) is 0.375. The van der Waals surface area contributed by atoms with E-state index in [1.165, 1.54) is 35.3 Å². The number of thiazole rings is 1. The Morgan fingerprint density at radius 2 is 2.19 bits per heavy atom. The van der Waals surface area contributed by atoms with E-state index in [4.69, 9.17) is 4.74 Å². The number of aromatic nitrogens is 1. The summed E-state index contributed by atoms with van der Waals surface area (Å²) in [6.07, 6.45) is 2.20. The number of hydrogen-bond acceptors (Lipinski definition) is 5. The van der Waals surface area contributed by atoms with Gasteiger partial charge >= 0.3 is 5.97 Å². The fourth-order valence-corrected chi connectivity index (χ4v) is 3.73. The predicted octanol–water partition coefficient (Wildman–Crippen LogP) is 3.63. The van der Waals surface area contributed by atoms with Crippen LogP contribution in [0.2, 0.25) is 0 Å². The standard InChI is InChI=1S/C16H18N2O2S/c1-10-6-7-13-12(9-10)5-4-8-18(13)16-17-11(2)14(21-16)15(19)20-3/h6-7,9H,4-5,8H2,1-3H3. The van der Waals surface area contributed by atoms with E-state index < -0.39 is 0 Å². The summed E-state index contributed by atoms with van der Waals surface area (Å²) in [5.74, 6) is -0.308. The van der Waals surface area contributed by atoms with Crippen molar-refractivity contribution >= 4 is 28.1 Å². The summed E-state index contributed by atoms with van der Waals surface area (Å²) in [6, 6.07) is 6.51. The van der Waals surface area contributed by atoms with Gasteiger partial charge in [0.2, 0.25) is 0 Å². The van der Waals surface area contributed by atoms with E-state index in [-0.39, 0.29) is 5.97 Å². The highest BCUT2D eigenvalue weighted by atomic mass is 32.1. The Balaban J connectivity index is 2.01. The van der Waals surface area contributed by atoms with Crippen LogP contribution in [0.1, 0.15) is 32.9 Å². The van der Waals surface area contributed by atoms with Crippen LogP contribution in [-0.2, 0) is 11.2 Å². The van der Waals surface area contributed by atoms with Gasteiger partial charge in [-0.15, -0.1) is 0 Å². The summed E-state index contributed by atoms with van der Waals surface area (Å²) in [5, 5.41) is 0.873. The number of esters is 1. The number of hydrogen-bond donors (Lipinski definition) is 0. The van der Waals surface area contributed by atoms with Crippen molar-refractivity contribution in [3.8, 4) is 0 Å². The lowest BCUT2D eigenvalue weighted by molar-refractivity contribution is 0.0605. The molecule has 3 rings (SSSR count). The summed E-state index contributed by atoms with van der Waals surface area (Å²) in [5.41, 5.74) is 4.58. The molecule has 2 aromatic rings. The van der Waals surface area contributed by atoms with Gasteiger partial charge in [0.15, 0.2) is 5.13 Å². The number of ether oxygens (including phenoxy) is 1. The largest absolute Gasteiger partial charge is 0.465 e. The first-order valence-electron chi connectivity index (χ1n) is 7.03. The number of anilines is 2. The molecule has 0 bridgehead atoms. The summed E-state index contributed by atoms with van der Waals surface area (Å²) < 4.78 is 4.82. The Bertz CT molecular complexity index is 694. The van der Waals surface area contributed by atoms with Gasteiger partial charge in [0.1, 0.15) is 4.88 Å². The van der Waals surface area contributed by atoms with Gasteiger partial charge in [0, 0.05) is 12.2 Å². The first kappa shape index (κ1) is 14.1. The van der Waals surface area contributed by atoms with Crippen LogP contribution in [0.3, 0.4) is 0 Å². The second kappa shape index (κ2) is 5.48. The van der Waals surface area contributed by atoms with Crippen LogP contribution in [0.15, 0.2) is 18.2 Å². The molecule has 1 aromatic heterocycles. The van der Waals surface area contributed by atoms with E-state index in [1.54, 1.807) is 0 Å². The summed E-state index contributed by atoms with van der Waals surface area (Å²) >= 11 is 1.41. The zero-order valence-corrected chi connectivity index (χ0v) is 13.3. The van der Waals surface area contributed by atoms with Crippen molar-refractivity contribution in [1.82, 2.24) is 4.98 Å². The van der Waals surface area contributed by atoms with Gasteiger partial charge in [-0.2, -0.15) is 0 Å². The maximum absolute atomic E-state index is 11.8. The van der Waals surface area contributed by atoms with E-state index in [0.29, 0.717) is 4.88 Å². The number of methoxy groups -OCH3 is 1. The molecule has 110 valence electrons. The van der Waals surface area contributed by atoms with Crippen LogP contribution >= 0.6 is 11.3 Å². The first-order valence-corrected chi connectivity index (χ1v) is 7.84. The third kappa shape index (κ3) is 2.53. The van der Waals surface area contributed by atoms with Crippen LogP contribution < -0.4 is 4.90 Å². The fourth-order valence-electron chi connectivity index (χ4n) is 2.70. The highest BCUT2D eigenvalue weighted by Gasteiger charge is 2.24. The average Bonchev–Trinajstić information content (AvgIpc) is 2.87. The molecule has 0 saturated heterocycles. The number of carbonyl (C=O) groups excluding carboxylic acids is 1. The first-order chi connectivity index (χ1) is 10.1. The highest BCUT2D eigenvalue weighted by molar-refractivity contribution is 7.17. The molecule has 0 spiro atoms. The Hall–Kier alpha value is -1.88. The zero-order valence-electron chi connectivity index (χ0n) is 12.5. The SMILES string of the molecule is COC(=O)c1sc(N2CCCc3cc(C)ccc32)nc1C. The van der Waals surface area contributed by atoms with E-state index >= 15 is 0 Å². The molecule has 1 aromatic carbocycles. The summed E-state index contributed by atoms with van der Waals surface area (Å²) in [6.45, 7) is 4.90. The monoisotopic (exact) mass is 302 g/mol. The van der Waals surface area contributed by atoms with Gasteiger partial charge in [-0.05, 0) is 38.3 Å². The smallest absolute Gasteiger partial charge is 0.350 e. The molecule has 2 heterocycles. The predicted molar refractivity (Wildman–Crippen MR) is 84.7 cm³/mol. The van der Waals surface area contributed by atoms with Crippen molar-refractivity contribution in [2.75, 3.05) is 18.6 Å². The third-order valence-corrected chi connectivity index (χ3v) is 4.90. The molecular weight excluding hydrogens is 284 g/mol. The van der Waals surface area contributed by atoms with Crippen LogP contribution in [0.25, 0.3) is 0 Å². The van der Waals surface area contributed by atoms with Crippen LogP contribution in [0.4, 0.5) is 10.8 Å². The lowest BCUT2D eigenvalue weighted by Crippen LogP contribution is -2.24. The lowest BCUT2D eigenvalue weighted by Gasteiger charge is -2.29. The molecule has 0 amide bonds. The van der Waals surface area contributed by atoms with Crippen molar-refractivity contribution < 1.29 is 9.53 Å². The normalized spacial score (nSPS) is 14.0. The number of aryl methyl sites for hydroxylation is 3. The van der Waals surface area contributed by atoms with Crippen molar-refractivity contribution in [3.05, 3.63) is 39.9 Å². The van der Waals surface area contributed by atoms with Crippen LogP contribution in [0, 0.1) is 13.8 Å². The Labute approximate surface area is 128 Å². The Morgan fingerprint density at radius 1 is 1.38 bits per heavy atom. The van der Waals surface area contributed by atoms with E-state index in [0.717, 1.165) is 30.2 Å². The van der Waals surface area contributed by atoms with Gasteiger partial charge in [0.25, 0.3) is 0 Å². The van der Waals surface area contributed by atoms with Gasteiger partial charge in [0.05, 0.1) is 12.8 Å². The summed E-state index contributed by atoms with van der Waals surface area (Å²) in [7, 11) is 1.40. The molecular formula is C16H18N2O2S. The lowest BCUT2D eigenvalue weighted by atomic mass is 10.00. The molecule has 0 unspecified atom stereocenters. The Morgan fingerprint density at radius 3 is 2.95 bits per heavy atom. The minimum atomic E-state index is -0.308. The molecule has 0 atom stereocenters. The average molecular weight is 302 g/mol. The summed E-state index contributed by atoms with van der Waals surface area (Å²) in [4.78, 5) is 19.1. The Kier molecular flexibility index (Phi) is 3.68. The van der Waals surface area contributed by atoms with Gasteiger partial charge < -0.3 is 9.64 Å². The third-order valence-electron chi connectivity index (χ3n) is 3.74. The van der Waals surface area contributed by atoms with Crippen molar-refractivity contribution in [3.63, 3.8) is 0 Å². The van der Waals surface area contributed by atoms with Crippen molar-refractivity contribution in [2.45, 2.75) is 26.7 Å². The minimum absolute atomic E-state index is 0.308. The van der Waals surface area contributed by atoms with Crippen LogP contribution in [0.5, 0.6) is 0 Å². The topological polar surface area (TPSA) is 42.4 Å². The quantitative estimate of drug-likeness (QED) is 0.794. The number of fused-ring (bicyclic) bond motifs is 1. The van der Waals surface area contributed by atoms with Crippen molar-refractivity contribution in [1.29, 1.82) is 0 Å². The molecule has 0 aliphatic carbocycles. The highest BCUT2D eigenvalue weighted by Crippen LogP contribution is 2.37. The van der Waals surface area contributed by atoms with Crippen molar-refractivity contribution in [2.24, 2.45) is 0 Å². The second-order valence-corrected chi connectivity index (χ2v) is 6.27. The van der Waals surface area contributed by atoms with E-state index in [2.05, 4.69) is 35.0 Å². The molecule has 0 radical (unpaired) electrons. The maximum Gasteiger partial charge on any atom is 0.350 e. The molecule has 0 saturated carbocycles. The molecule has 0 fully saturated rings. The van der Waals surface area contributed by atoms with Gasteiger partial charge in [-0.25, -0.2) is 9.78 Å². The van der Waals surface area contributed by atoms with Gasteiger partial charge in [-0.3, -0.25) is 0 Å². The number of nitrogens with zero attached hydrogens (tertiary/aromatic N) is 2. The number of benzene rings is 1. The minimum Gasteiger partial charge on any atom is -0.465 e. The van der Waals surface area contributed by atoms with E-state index in [9.17, 15) is 4.79 Å². The molecule has 21 heavy (non-hydrogen) atoms. The molecule has 1 aliphatic rings. The number of carbonyl (C=O) groups is 1. The number of rotatable bonds is 2. The molecule has 5 heteroatoms. The van der Waals surface area contributed by atoms with Crippen LogP contribution in [-0.4, -0.2) is 24.6 Å². The van der Waals surface area contributed by atoms with E-state index in [1.807, 2.05) is 6.92 Å². The molecule has 1 aliphatic heterocycles. The zero-order chi connectivity index (χ0) is 15.0. The molecule has 0 N–H and O–H groups in total.